The van der Waals surface area contributed by atoms with E-state index in [1.807, 2.05) is 31.2 Å². The fourth-order valence-electron chi connectivity index (χ4n) is 2.93. The van der Waals surface area contributed by atoms with Gasteiger partial charge in [0.15, 0.2) is 0 Å². The Bertz CT molecular complexity index is 909. The predicted molar refractivity (Wildman–Crippen MR) is 101 cm³/mol. The molecule has 3 aromatic carbocycles. The summed E-state index contributed by atoms with van der Waals surface area (Å²) in [6.07, 6.45) is 1.66. The van der Waals surface area contributed by atoms with Crippen molar-refractivity contribution >= 4 is 28.4 Å². The van der Waals surface area contributed by atoms with Crippen LogP contribution in [0, 0.1) is 0 Å². The van der Waals surface area contributed by atoms with Gasteiger partial charge in [-0.3, -0.25) is 4.79 Å². The molecular weight excluding hydrogens is 296 g/mol. The third kappa shape index (κ3) is 3.01. The van der Waals surface area contributed by atoms with Crippen molar-refractivity contribution in [2.24, 2.45) is 0 Å². The molecule has 3 nitrogen and oxygen atoms in total. The summed E-state index contributed by atoms with van der Waals surface area (Å²) in [6, 6.07) is 19.4. The van der Waals surface area contributed by atoms with Gasteiger partial charge in [0.1, 0.15) is 0 Å². The van der Waals surface area contributed by atoms with E-state index in [2.05, 4.69) is 30.1 Å². The molecule has 0 bridgehead atoms. The first-order valence-corrected chi connectivity index (χ1v) is 7.90. The van der Waals surface area contributed by atoms with Gasteiger partial charge in [0.05, 0.1) is 6.04 Å². The lowest BCUT2D eigenvalue weighted by molar-refractivity contribution is 0.0940. The van der Waals surface area contributed by atoms with Crippen molar-refractivity contribution in [2.45, 2.75) is 13.0 Å². The second-order valence-electron chi connectivity index (χ2n) is 5.81. The summed E-state index contributed by atoms with van der Waals surface area (Å²) in [6.45, 7) is 5.75. The first kappa shape index (κ1) is 15.8. The second-order valence-corrected chi connectivity index (χ2v) is 5.81. The molecule has 1 unspecified atom stereocenters. The third-order valence-electron chi connectivity index (χ3n) is 4.18. The summed E-state index contributed by atoms with van der Waals surface area (Å²) in [5.74, 6) is -0.155. The van der Waals surface area contributed by atoms with Crippen LogP contribution in [0.2, 0.25) is 0 Å². The summed E-state index contributed by atoms with van der Waals surface area (Å²) in [5.41, 5.74) is 8.78. The van der Waals surface area contributed by atoms with Gasteiger partial charge in [0.2, 0.25) is 0 Å². The molecule has 0 fully saturated rings. The van der Waals surface area contributed by atoms with Crippen LogP contribution >= 0.6 is 0 Å². The van der Waals surface area contributed by atoms with Crippen molar-refractivity contribution in [1.29, 1.82) is 0 Å². The zero-order valence-electron chi connectivity index (χ0n) is 13.6. The van der Waals surface area contributed by atoms with Crippen molar-refractivity contribution in [2.75, 3.05) is 5.73 Å². The van der Waals surface area contributed by atoms with Gasteiger partial charge in [-0.25, -0.2) is 0 Å². The van der Waals surface area contributed by atoms with Crippen LogP contribution in [-0.2, 0) is 0 Å². The van der Waals surface area contributed by atoms with E-state index in [4.69, 9.17) is 5.73 Å². The molecule has 0 saturated heterocycles. The van der Waals surface area contributed by atoms with E-state index in [9.17, 15) is 4.79 Å². The first-order valence-electron chi connectivity index (χ1n) is 7.90. The molecule has 1 amide bonds. The molecule has 0 radical (unpaired) electrons. The Morgan fingerprint density at radius 1 is 1.12 bits per heavy atom. The number of nitrogens with two attached hydrogens (primary N) is 1. The molecule has 0 aromatic heterocycles. The number of carbonyl (C=O) groups excluding carboxylic acids is 1. The molecule has 3 heteroatoms. The average Bonchev–Trinajstić information content (AvgIpc) is 2.61. The fourth-order valence-corrected chi connectivity index (χ4v) is 2.93. The number of rotatable bonds is 4. The summed E-state index contributed by atoms with van der Waals surface area (Å²) >= 11 is 0. The summed E-state index contributed by atoms with van der Waals surface area (Å²) < 4.78 is 0. The maximum atomic E-state index is 12.7. The Morgan fingerprint density at radius 2 is 1.88 bits per heavy atom. The zero-order valence-corrected chi connectivity index (χ0v) is 13.6. The van der Waals surface area contributed by atoms with E-state index in [1.165, 1.54) is 0 Å². The third-order valence-corrected chi connectivity index (χ3v) is 4.18. The molecule has 0 spiro atoms. The molecule has 0 heterocycles. The number of nitrogen functional groups attached to an aromatic ring is 1. The fraction of sp³-hybridized carbons (Fsp3) is 0.0952. The highest BCUT2D eigenvalue weighted by Crippen LogP contribution is 2.25. The van der Waals surface area contributed by atoms with Crippen LogP contribution in [-0.4, -0.2) is 5.91 Å². The number of carbonyl (C=O) groups is 1. The highest BCUT2D eigenvalue weighted by molar-refractivity contribution is 5.99. The Labute approximate surface area is 141 Å². The second kappa shape index (κ2) is 6.59. The lowest BCUT2D eigenvalue weighted by Gasteiger charge is -2.17. The molecule has 1 atom stereocenters. The van der Waals surface area contributed by atoms with E-state index in [0.717, 1.165) is 21.9 Å². The zero-order chi connectivity index (χ0) is 17.1. The topological polar surface area (TPSA) is 55.1 Å². The Balaban J connectivity index is 1.92. The van der Waals surface area contributed by atoms with Crippen molar-refractivity contribution in [1.82, 2.24) is 5.32 Å². The lowest BCUT2D eigenvalue weighted by atomic mass is 9.99. The molecule has 0 aliphatic rings. The van der Waals surface area contributed by atoms with E-state index in [1.54, 1.807) is 24.3 Å². The Morgan fingerprint density at radius 3 is 2.67 bits per heavy atom. The highest BCUT2D eigenvalue weighted by atomic mass is 16.1. The normalized spacial score (nSPS) is 11.9. The van der Waals surface area contributed by atoms with E-state index in [-0.39, 0.29) is 11.9 Å². The average molecular weight is 316 g/mol. The van der Waals surface area contributed by atoms with Gasteiger partial charge in [-0.1, -0.05) is 61.2 Å². The molecule has 0 saturated carbocycles. The van der Waals surface area contributed by atoms with Gasteiger partial charge in [-0.05, 0) is 41.0 Å². The molecule has 0 aliphatic heterocycles. The quantitative estimate of drug-likeness (QED) is 0.693. The first-order chi connectivity index (χ1) is 11.6. The summed E-state index contributed by atoms with van der Waals surface area (Å²) in [7, 11) is 0. The number of amides is 1. The largest absolute Gasteiger partial charge is 0.399 e. The summed E-state index contributed by atoms with van der Waals surface area (Å²) in [5, 5.41) is 5.37. The van der Waals surface area contributed by atoms with Crippen LogP contribution in [0.4, 0.5) is 5.69 Å². The number of nitrogens with one attached hydrogen (secondary N) is 1. The van der Waals surface area contributed by atoms with Crippen LogP contribution in [0.5, 0.6) is 0 Å². The van der Waals surface area contributed by atoms with Gasteiger partial charge >= 0.3 is 0 Å². The maximum Gasteiger partial charge on any atom is 0.252 e. The van der Waals surface area contributed by atoms with Gasteiger partial charge in [-0.2, -0.15) is 0 Å². The van der Waals surface area contributed by atoms with Crippen molar-refractivity contribution in [3.63, 3.8) is 0 Å². The van der Waals surface area contributed by atoms with E-state index >= 15 is 0 Å². The van der Waals surface area contributed by atoms with Crippen molar-refractivity contribution in [3.05, 3.63) is 83.9 Å². The van der Waals surface area contributed by atoms with Crippen molar-refractivity contribution < 1.29 is 4.79 Å². The van der Waals surface area contributed by atoms with Gasteiger partial charge in [0, 0.05) is 11.3 Å². The number of hydrogen-bond donors (Lipinski definition) is 2. The summed E-state index contributed by atoms with van der Waals surface area (Å²) in [4.78, 5) is 12.7. The van der Waals surface area contributed by atoms with Gasteiger partial charge < -0.3 is 11.1 Å². The molecular formula is C21H20N2O. The van der Waals surface area contributed by atoms with E-state index < -0.39 is 0 Å². The van der Waals surface area contributed by atoms with Crippen LogP contribution in [0.15, 0.2) is 67.2 Å². The molecule has 24 heavy (non-hydrogen) atoms. The number of benzene rings is 3. The number of anilines is 1. The number of fused-ring (bicyclic) bond motifs is 1. The minimum atomic E-state index is -0.155. The Hall–Kier alpha value is -3.07. The maximum absolute atomic E-state index is 12.7. The Kier molecular flexibility index (Phi) is 4.34. The van der Waals surface area contributed by atoms with Gasteiger partial charge in [0.25, 0.3) is 5.91 Å². The molecule has 3 N–H and O–H groups in total. The predicted octanol–water partition coefficient (Wildman–Crippen LogP) is 4.56. The molecule has 0 aliphatic carbocycles. The van der Waals surface area contributed by atoms with Crippen LogP contribution in [0.3, 0.4) is 0 Å². The molecule has 3 aromatic rings. The lowest BCUT2D eigenvalue weighted by Crippen LogP contribution is -2.27. The van der Waals surface area contributed by atoms with Crippen LogP contribution < -0.4 is 11.1 Å². The smallest absolute Gasteiger partial charge is 0.252 e. The highest BCUT2D eigenvalue weighted by Gasteiger charge is 2.15. The van der Waals surface area contributed by atoms with E-state index in [0.29, 0.717) is 11.3 Å². The SMILES string of the molecule is C=Cc1ccc(N)cc1C(=O)NC(C)c1cccc2ccccc12. The van der Waals surface area contributed by atoms with Crippen LogP contribution in [0.1, 0.15) is 34.5 Å². The van der Waals surface area contributed by atoms with Gasteiger partial charge in [-0.15, -0.1) is 0 Å². The monoisotopic (exact) mass is 316 g/mol. The number of hydrogen-bond acceptors (Lipinski definition) is 2. The minimum absolute atomic E-state index is 0.123. The van der Waals surface area contributed by atoms with Crippen molar-refractivity contribution in [3.8, 4) is 0 Å². The minimum Gasteiger partial charge on any atom is -0.399 e. The molecule has 120 valence electrons. The molecule has 3 rings (SSSR count). The standard InChI is InChI=1S/C21H20N2O/c1-3-15-11-12-17(22)13-20(15)21(24)23-14(2)18-10-6-8-16-7-4-5-9-19(16)18/h3-14H,1,22H2,2H3,(H,23,24). The van der Waals surface area contributed by atoms with Crippen LogP contribution in [0.25, 0.3) is 16.8 Å².